The summed E-state index contributed by atoms with van der Waals surface area (Å²) in [6, 6.07) is 19.5. The predicted molar refractivity (Wildman–Crippen MR) is 150 cm³/mol. The Balaban J connectivity index is 1.73. The van der Waals surface area contributed by atoms with Crippen LogP contribution < -0.4 is 0 Å². The largest absolute Gasteiger partial charge is 0.257 e. The third-order valence-corrected chi connectivity index (χ3v) is 8.00. The van der Waals surface area contributed by atoms with Crippen LogP contribution in [0.15, 0.2) is 54.7 Å². The van der Waals surface area contributed by atoms with Gasteiger partial charge in [0, 0.05) is 0 Å². The number of hydrogen-bond donors (Lipinski definition) is 0. The first-order chi connectivity index (χ1) is 15.9. The van der Waals surface area contributed by atoms with Gasteiger partial charge in [-0.15, -0.1) is 17.7 Å². The third-order valence-electron chi connectivity index (χ3n) is 6.83. The lowest BCUT2D eigenvalue weighted by molar-refractivity contribution is -0.417. The first kappa shape index (κ1) is 22.9. The molecule has 1 aliphatic heterocycles. The van der Waals surface area contributed by atoms with Crippen LogP contribution in [0.5, 0.6) is 0 Å². The predicted octanol–water partition coefficient (Wildman–Crippen LogP) is 8.87. The molecule has 0 spiro atoms. The molecular formula is C32H35NS. The minimum Gasteiger partial charge on any atom is -0.257 e. The van der Waals surface area contributed by atoms with E-state index in [1.165, 1.54) is 59.6 Å². The first-order valence-corrected chi connectivity index (χ1v) is 13.0. The molecule has 1 nitrogen and oxygen atoms in total. The van der Waals surface area contributed by atoms with E-state index in [-0.39, 0.29) is 10.8 Å². The number of rotatable bonds is 2. The molecule has 0 aliphatic carbocycles. The molecule has 2 heteroatoms. The normalized spacial score (nSPS) is 14.3. The van der Waals surface area contributed by atoms with Gasteiger partial charge < -0.3 is 0 Å². The van der Waals surface area contributed by atoms with Gasteiger partial charge in [0.1, 0.15) is 17.5 Å². The number of fused-ring (bicyclic) bond motifs is 4. The van der Waals surface area contributed by atoms with Gasteiger partial charge in [0.15, 0.2) is 15.6 Å². The maximum absolute atomic E-state index is 4.42. The Bertz CT molecular complexity index is 1470. The molecule has 0 bridgehead atoms. The fourth-order valence-electron chi connectivity index (χ4n) is 5.26. The van der Waals surface area contributed by atoms with Crippen molar-refractivity contribution in [2.75, 3.05) is 0 Å². The van der Waals surface area contributed by atoms with Crippen LogP contribution in [0.1, 0.15) is 74.2 Å². The zero-order valence-corrected chi connectivity index (χ0v) is 22.4. The van der Waals surface area contributed by atoms with Crippen LogP contribution in [0, 0.1) is 18.4 Å². The second kappa shape index (κ2) is 7.85. The zero-order valence-electron chi connectivity index (χ0n) is 21.5. The molecule has 4 aromatic rings. The lowest BCUT2D eigenvalue weighted by Gasteiger charge is -2.28. The zero-order chi connectivity index (χ0) is 24.4. The van der Waals surface area contributed by atoms with Crippen molar-refractivity contribution >= 4 is 45.0 Å². The van der Waals surface area contributed by atoms with Crippen molar-refractivity contribution in [2.24, 2.45) is 5.41 Å². The Morgan fingerprint density at radius 3 is 2.35 bits per heavy atom. The van der Waals surface area contributed by atoms with Crippen LogP contribution in [0.2, 0.25) is 0 Å². The molecule has 0 N–H and O–H groups in total. The van der Waals surface area contributed by atoms with Crippen molar-refractivity contribution in [1.29, 1.82) is 0 Å². The Kier molecular flexibility index (Phi) is 5.29. The van der Waals surface area contributed by atoms with Gasteiger partial charge in [-0.25, -0.2) is 0 Å². The maximum atomic E-state index is 4.42. The van der Waals surface area contributed by atoms with Gasteiger partial charge >= 0.3 is 0 Å². The van der Waals surface area contributed by atoms with E-state index in [0.717, 1.165) is 6.42 Å². The second-order valence-electron chi connectivity index (χ2n) is 11.9. The molecule has 0 radical (unpaired) electrons. The second-order valence-corrected chi connectivity index (χ2v) is 13.0. The fraction of sp³-hybridized carbons (Fsp3) is 0.312. The molecule has 174 valence electrons. The van der Waals surface area contributed by atoms with E-state index in [0.29, 0.717) is 0 Å². The molecule has 0 fully saturated rings. The summed E-state index contributed by atoms with van der Waals surface area (Å²) < 4.78 is 3.43. The van der Waals surface area contributed by atoms with E-state index >= 15 is 0 Å². The summed E-state index contributed by atoms with van der Waals surface area (Å²) in [5.41, 5.74) is 7.04. The summed E-state index contributed by atoms with van der Waals surface area (Å²) in [7, 11) is 0. The average molecular weight is 466 g/mol. The summed E-state index contributed by atoms with van der Waals surface area (Å²) in [4.78, 5) is 1.32. The van der Waals surface area contributed by atoms with Gasteiger partial charge in [0.2, 0.25) is 0 Å². The molecular weight excluding hydrogens is 430 g/mol. The standard InChI is InChI=1S/C32H35NS/c1-20-22-11-9-10-12-23(22)27(32(5,6)7)18-26(20)29-30-25(15-16-33(29)8)24-14-13-21(17-28(24)34-30)19-31(2,3)4/h9-18H,8,19H2,1-7H3. The fourth-order valence-corrected chi connectivity index (χ4v) is 6.59. The molecule has 0 amide bonds. The van der Waals surface area contributed by atoms with Crippen molar-refractivity contribution in [3.63, 3.8) is 0 Å². The van der Waals surface area contributed by atoms with Gasteiger partial charge in [-0.2, -0.15) is 0 Å². The van der Waals surface area contributed by atoms with Crippen LogP contribution in [-0.2, 0) is 11.8 Å². The Morgan fingerprint density at radius 1 is 0.971 bits per heavy atom. The molecule has 5 rings (SSSR count). The summed E-state index contributed by atoms with van der Waals surface area (Å²) in [6.07, 6.45) is 5.44. The summed E-state index contributed by atoms with van der Waals surface area (Å²) >= 11 is 1.90. The number of thiophene rings is 1. The molecule has 0 atom stereocenters. The van der Waals surface area contributed by atoms with Gasteiger partial charge in [-0.3, -0.25) is 4.58 Å². The minimum absolute atomic E-state index is 0.0456. The summed E-state index contributed by atoms with van der Waals surface area (Å²) in [5.74, 6) is 0. The highest BCUT2D eigenvalue weighted by Crippen LogP contribution is 2.45. The van der Waals surface area contributed by atoms with Crippen molar-refractivity contribution in [1.82, 2.24) is 0 Å². The SMILES string of the molecule is C=[N+]1C=Cc2c([s+][c-]3cc(CC(C)(C)C)ccc23)[C-]1c1cc(C(C)(C)C)c2ccccc2c1C. The smallest absolute Gasteiger partial charge is 0.197 e. The van der Waals surface area contributed by atoms with E-state index in [9.17, 15) is 0 Å². The lowest BCUT2D eigenvalue weighted by atomic mass is 9.79. The summed E-state index contributed by atoms with van der Waals surface area (Å²) in [6.45, 7) is 20.5. The topological polar surface area (TPSA) is 3.01 Å². The highest BCUT2D eigenvalue weighted by atomic mass is 32.1. The van der Waals surface area contributed by atoms with Gasteiger partial charge in [-0.1, -0.05) is 108 Å². The van der Waals surface area contributed by atoms with E-state index in [2.05, 4.69) is 121 Å². The maximum Gasteiger partial charge on any atom is 0.197 e. The Labute approximate surface area is 208 Å². The first-order valence-electron chi connectivity index (χ1n) is 12.2. The summed E-state index contributed by atoms with van der Waals surface area (Å²) in [5, 5.41) is 4.02. The van der Waals surface area contributed by atoms with Crippen LogP contribution in [0.25, 0.3) is 26.9 Å². The van der Waals surface area contributed by atoms with Gasteiger partial charge in [0.05, 0.1) is 6.72 Å². The van der Waals surface area contributed by atoms with Gasteiger partial charge in [-0.05, 0) is 38.8 Å². The van der Waals surface area contributed by atoms with E-state index in [1.807, 2.05) is 11.3 Å². The molecule has 2 heterocycles. The van der Waals surface area contributed by atoms with Gasteiger partial charge in [0.25, 0.3) is 0 Å². The Morgan fingerprint density at radius 2 is 1.68 bits per heavy atom. The number of aryl methyl sites for hydroxylation is 1. The third kappa shape index (κ3) is 3.88. The minimum atomic E-state index is 0.0456. The number of benzene rings is 3. The molecule has 0 saturated carbocycles. The quantitative estimate of drug-likeness (QED) is 0.158. The van der Waals surface area contributed by atoms with Crippen molar-refractivity contribution in [3.8, 4) is 0 Å². The highest BCUT2D eigenvalue weighted by Gasteiger charge is 2.34. The average Bonchev–Trinajstić information content (AvgIpc) is 3.10. The van der Waals surface area contributed by atoms with Crippen LogP contribution >= 0.6 is 11.3 Å². The van der Waals surface area contributed by atoms with Crippen LogP contribution in [0.3, 0.4) is 0 Å². The van der Waals surface area contributed by atoms with Crippen molar-refractivity contribution in [3.05, 3.63) is 93.5 Å². The van der Waals surface area contributed by atoms with Crippen molar-refractivity contribution in [2.45, 2.75) is 60.3 Å². The molecule has 1 aliphatic rings. The monoisotopic (exact) mass is 465 g/mol. The molecule has 3 aromatic carbocycles. The van der Waals surface area contributed by atoms with E-state index in [4.69, 9.17) is 0 Å². The van der Waals surface area contributed by atoms with Crippen LogP contribution in [-0.4, -0.2) is 11.3 Å². The molecule has 34 heavy (non-hydrogen) atoms. The highest BCUT2D eigenvalue weighted by molar-refractivity contribution is 7.19. The van der Waals surface area contributed by atoms with Crippen LogP contribution in [0.4, 0.5) is 0 Å². The molecule has 0 saturated heterocycles. The number of nitrogens with zero attached hydrogens (tertiary/aromatic N) is 1. The molecule has 0 unspecified atom stereocenters. The van der Waals surface area contributed by atoms with Crippen molar-refractivity contribution < 1.29 is 4.58 Å². The number of hydrogen-bond acceptors (Lipinski definition) is 0. The molecule has 1 aromatic heterocycles. The lowest BCUT2D eigenvalue weighted by Crippen LogP contribution is -2.20. The van der Waals surface area contributed by atoms with E-state index in [1.54, 1.807) is 0 Å². The van der Waals surface area contributed by atoms with E-state index < -0.39 is 0 Å². The Hall–Kier alpha value is -2.84.